The minimum absolute atomic E-state index is 0.0698. The third-order valence-corrected chi connectivity index (χ3v) is 4.09. The minimum atomic E-state index is -0.695. The molecular weight excluding hydrogens is 301 g/mol. The van der Waals surface area contributed by atoms with E-state index in [1.165, 1.54) is 31.4 Å². The maximum Gasteiger partial charge on any atom is 0.340 e. The van der Waals surface area contributed by atoms with E-state index >= 15 is 0 Å². The fourth-order valence-electron chi connectivity index (χ4n) is 3.05. The van der Waals surface area contributed by atoms with Gasteiger partial charge in [-0.15, -0.1) is 0 Å². The van der Waals surface area contributed by atoms with Crippen molar-refractivity contribution in [2.24, 2.45) is 5.73 Å². The third-order valence-electron chi connectivity index (χ3n) is 4.09. The lowest BCUT2D eigenvalue weighted by Crippen LogP contribution is -2.31. The maximum absolute atomic E-state index is 13.2. The number of methoxy groups -OCH3 is 1. The molecule has 0 amide bonds. The Morgan fingerprint density at radius 2 is 2.00 bits per heavy atom. The first-order valence-corrected chi connectivity index (χ1v) is 7.30. The molecule has 0 aromatic heterocycles. The molecule has 5 nitrogen and oxygen atoms in total. The van der Waals surface area contributed by atoms with Crippen molar-refractivity contribution in [3.05, 3.63) is 58.4 Å². The molecule has 1 heterocycles. The highest BCUT2D eigenvalue weighted by Gasteiger charge is 2.40. The summed E-state index contributed by atoms with van der Waals surface area (Å²) in [5.41, 5.74) is 6.99. The van der Waals surface area contributed by atoms with Gasteiger partial charge in [-0.05, 0) is 24.1 Å². The number of ether oxygens (including phenoxy) is 2. The molecule has 0 fully saturated rings. The summed E-state index contributed by atoms with van der Waals surface area (Å²) in [6.45, 7) is 0. The first kappa shape index (κ1) is 15.3. The van der Waals surface area contributed by atoms with Gasteiger partial charge in [0, 0.05) is 18.4 Å². The molecule has 0 saturated carbocycles. The topological polar surface area (TPSA) is 78.6 Å². The average molecular weight is 317 g/mol. The molecule has 1 atom stereocenters. The van der Waals surface area contributed by atoms with Crippen molar-refractivity contribution >= 4 is 11.8 Å². The number of esters is 1. The summed E-state index contributed by atoms with van der Waals surface area (Å²) in [5, 5.41) is 0. The molecule has 0 spiro atoms. The van der Waals surface area contributed by atoms with Crippen LogP contribution in [0, 0.1) is 5.82 Å². The van der Waals surface area contributed by atoms with Gasteiger partial charge in [0.15, 0.2) is 5.78 Å². The maximum atomic E-state index is 13.2. The second-order valence-electron chi connectivity index (χ2n) is 5.47. The predicted octanol–water partition coefficient (Wildman–Crippen LogP) is 2.29. The zero-order chi connectivity index (χ0) is 16.6. The average Bonchev–Trinajstić information content (AvgIpc) is 2.54. The van der Waals surface area contributed by atoms with Crippen LogP contribution in [0.4, 0.5) is 4.39 Å². The molecule has 23 heavy (non-hydrogen) atoms. The third kappa shape index (κ3) is 2.60. The van der Waals surface area contributed by atoms with Crippen LogP contribution < -0.4 is 5.73 Å². The van der Waals surface area contributed by atoms with Crippen molar-refractivity contribution in [3.63, 3.8) is 0 Å². The van der Waals surface area contributed by atoms with E-state index in [0.717, 1.165) is 0 Å². The highest BCUT2D eigenvalue weighted by atomic mass is 19.1. The van der Waals surface area contributed by atoms with Crippen LogP contribution in [0.5, 0.6) is 0 Å². The van der Waals surface area contributed by atoms with Crippen LogP contribution in [-0.4, -0.2) is 18.9 Å². The first-order chi connectivity index (χ1) is 11.0. The lowest BCUT2D eigenvalue weighted by molar-refractivity contribution is -0.136. The summed E-state index contributed by atoms with van der Waals surface area (Å²) >= 11 is 0. The van der Waals surface area contributed by atoms with E-state index in [2.05, 4.69) is 0 Å². The van der Waals surface area contributed by atoms with Crippen molar-refractivity contribution < 1.29 is 23.5 Å². The van der Waals surface area contributed by atoms with Crippen LogP contribution in [0.25, 0.3) is 0 Å². The summed E-state index contributed by atoms with van der Waals surface area (Å²) < 4.78 is 23.5. The number of benzene rings is 1. The largest absolute Gasteiger partial charge is 0.465 e. The molecule has 0 radical (unpaired) electrons. The summed E-state index contributed by atoms with van der Waals surface area (Å²) in [7, 11) is 1.23. The monoisotopic (exact) mass is 317 g/mol. The van der Waals surface area contributed by atoms with Gasteiger partial charge in [-0.25, -0.2) is 9.18 Å². The number of carbonyl (C=O) groups excluding carboxylic acids is 2. The molecule has 2 N–H and O–H groups in total. The molecule has 1 aromatic carbocycles. The number of hydrogen-bond acceptors (Lipinski definition) is 5. The lowest BCUT2D eigenvalue weighted by Gasteiger charge is -2.32. The summed E-state index contributed by atoms with van der Waals surface area (Å²) in [6.07, 6.45) is 1.64. The molecular formula is C17H16FNO4. The summed E-state index contributed by atoms with van der Waals surface area (Å²) in [4.78, 5) is 24.6. The number of Topliss-reactive ketones (excluding diaryl/α,β-unsaturated/α-hetero) is 1. The molecule has 1 aliphatic carbocycles. The van der Waals surface area contributed by atoms with Gasteiger partial charge >= 0.3 is 5.97 Å². The van der Waals surface area contributed by atoms with Gasteiger partial charge in [0.2, 0.25) is 5.88 Å². The van der Waals surface area contributed by atoms with Crippen LogP contribution in [0.1, 0.15) is 30.7 Å². The zero-order valence-corrected chi connectivity index (χ0v) is 12.6. The Morgan fingerprint density at radius 3 is 2.65 bits per heavy atom. The number of hydrogen-bond donors (Lipinski definition) is 1. The second-order valence-corrected chi connectivity index (χ2v) is 5.47. The molecule has 1 aromatic rings. The molecule has 1 unspecified atom stereocenters. The number of rotatable bonds is 2. The van der Waals surface area contributed by atoms with Crippen LogP contribution in [0.3, 0.4) is 0 Å². The van der Waals surface area contributed by atoms with Gasteiger partial charge in [0.1, 0.15) is 17.1 Å². The van der Waals surface area contributed by atoms with Gasteiger partial charge in [0.25, 0.3) is 0 Å². The van der Waals surface area contributed by atoms with Crippen molar-refractivity contribution in [2.45, 2.75) is 25.2 Å². The predicted molar refractivity (Wildman–Crippen MR) is 79.3 cm³/mol. The minimum Gasteiger partial charge on any atom is -0.465 e. The highest BCUT2D eigenvalue weighted by molar-refractivity contribution is 6.03. The normalized spacial score (nSPS) is 21.0. The molecule has 0 saturated heterocycles. The first-order valence-electron chi connectivity index (χ1n) is 7.30. The molecule has 3 rings (SSSR count). The van der Waals surface area contributed by atoms with E-state index in [1.54, 1.807) is 0 Å². The number of halogens is 1. The Hall–Kier alpha value is -2.63. The number of ketones is 1. The van der Waals surface area contributed by atoms with Crippen LogP contribution in [0.2, 0.25) is 0 Å². The van der Waals surface area contributed by atoms with Crippen molar-refractivity contribution in [1.82, 2.24) is 0 Å². The highest BCUT2D eigenvalue weighted by Crippen LogP contribution is 2.43. The number of carbonyl (C=O) groups is 2. The Labute approximate surface area is 132 Å². The number of allylic oxidation sites excluding steroid dienone is 2. The van der Waals surface area contributed by atoms with Crippen molar-refractivity contribution in [2.75, 3.05) is 7.11 Å². The van der Waals surface area contributed by atoms with Gasteiger partial charge in [-0.3, -0.25) is 4.79 Å². The van der Waals surface area contributed by atoms with E-state index in [-0.39, 0.29) is 17.2 Å². The molecule has 0 bridgehead atoms. The standard InChI is InChI=1S/C17H16FNO4/c1-22-17(21)15-13(9-5-7-10(18)8-6-9)14-11(20)3-2-4-12(14)23-16(15)19/h5-8,13H,2-4,19H2,1H3. The Balaban J connectivity index is 2.18. The Morgan fingerprint density at radius 1 is 1.30 bits per heavy atom. The Bertz CT molecular complexity index is 733. The van der Waals surface area contributed by atoms with Gasteiger partial charge < -0.3 is 15.2 Å². The zero-order valence-electron chi connectivity index (χ0n) is 12.6. The van der Waals surface area contributed by atoms with Crippen molar-refractivity contribution in [1.29, 1.82) is 0 Å². The molecule has 2 aliphatic rings. The van der Waals surface area contributed by atoms with Gasteiger partial charge in [0.05, 0.1) is 13.0 Å². The van der Waals surface area contributed by atoms with E-state index in [1.807, 2.05) is 0 Å². The smallest absolute Gasteiger partial charge is 0.340 e. The van der Waals surface area contributed by atoms with Crippen LogP contribution in [-0.2, 0) is 19.1 Å². The van der Waals surface area contributed by atoms with E-state index in [9.17, 15) is 14.0 Å². The lowest BCUT2D eigenvalue weighted by atomic mass is 9.77. The SMILES string of the molecule is COC(=O)C1=C(N)OC2=C(C(=O)CCC2)C1c1ccc(F)cc1. The van der Waals surface area contributed by atoms with Gasteiger partial charge in [-0.2, -0.15) is 0 Å². The fraction of sp³-hybridized carbons (Fsp3) is 0.294. The quantitative estimate of drug-likeness (QED) is 0.847. The molecule has 120 valence electrons. The van der Waals surface area contributed by atoms with Crippen LogP contribution >= 0.6 is 0 Å². The van der Waals surface area contributed by atoms with Crippen molar-refractivity contribution in [3.8, 4) is 0 Å². The van der Waals surface area contributed by atoms with Crippen LogP contribution in [0.15, 0.2) is 47.1 Å². The number of nitrogens with two attached hydrogens (primary N) is 1. The summed E-state index contributed by atoms with van der Waals surface area (Å²) in [6, 6.07) is 5.63. The van der Waals surface area contributed by atoms with Gasteiger partial charge in [-0.1, -0.05) is 12.1 Å². The fourth-order valence-corrected chi connectivity index (χ4v) is 3.05. The van der Waals surface area contributed by atoms with E-state index in [0.29, 0.717) is 36.2 Å². The molecule has 6 heteroatoms. The van der Waals surface area contributed by atoms with E-state index in [4.69, 9.17) is 15.2 Å². The summed E-state index contributed by atoms with van der Waals surface area (Å²) in [5.74, 6) is -1.43. The second kappa shape index (κ2) is 5.87. The van der Waals surface area contributed by atoms with E-state index < -0.39 is 17.7 Å². The Kier molecular flexibility index (Phi) is 3.90. The molecule has 1 aliphatic heterocycles.